The van der Waals surface area contributed by atoms with E-state index in [0.29, 0.717) is 18.6 Å². The highest BCUT2D eigenvalue weighted by molar-refractivity contribution is 5.76. The summed E-state index contributed by atoms with van der Waals surface area (Å²) in [5.41, 5.74) is 0. The summed E-state index contributed by atoms with van der Waals surface area (Å²) < 4.78 is 5.56. The molecule has 2 aliphatic heterocycles. The van der Waals surface area contributed by atoms with Crippen molar-refractivity contribution in [1.82, 2.24) is 15.1 Å². The van der Waals surface area contributed by atoms with Crippen LogP contribution in [0.2, 0.25) is 0 Å². The molecule has 2 unspecified atom stereocenters. The number of hydrogen-bond donors (Lipinski definition) is 1. The minimum absolute atomic E-state index is 0.287. The Morgan fingerprint density at radius 2 is 2.17 bits per heavy atom. The summed E-state index contributed by atoms with van der Waals surface area (Å²) in [5.74, 6) is 0.287. The second-order valence-electron chi connectivity index (χ2n) is 5.29. The Balaban J connectivity index is 1.71. The first-order valence-corrected chi connectivity index (χ1v) is 6.99. The quantitative estimate of drug-likeness (QED) is 0.763. The number of likely N-dealkylation sites (N-methyl/N-ethyl adjacent to an activating group) is 1. The molecule has 0 aromatic carbocycles. The molecule has 104 valence electrons. The zero-order valence-corrected chi connectivity index (χ0v) is 11.5. The largest absolute Gasteiger partial charge is 0.377 e. The minimum atomic E-state index is 0.287. The summed E-state index contributed by atoms with van der Waals surface area (Å²) in [6, 6.07) is 0.473. The number of nitrogens with zero attached hydrogens (tertiary/aromatic N) is 2. The van der Waals surface area contributed by atoms with Crippen LogP contribution >= 0.6 is 0 Å². The molecule has 0 aromatic heterocycles. The van der Waals surface area contributed by atoms with Crippen LogP contribution in [0.15, 0.2) is 0 Å². The van der Waals surface area contributed by atoms with E-state index in [-0.39, 0.29) is 5.91 Å². The minimum Gasteiger partial charge on any atom is -0.377 e. The number of nitrogens with one attached hydrogen (secondary N) is 1. The van der Waals surface area contributed by atoms with Crippen LogP contribution < -0.4 is 5.32 Å². The van der Waals surface area contributed by atoms with E-state index in [0.717, 1.165) is 45.8 Å². The van der Waals surface area contributed by atoms with Crippen molar-refractivity contribution in [3.05, 3.63) is 0 Å². The Morgan fingerprint density at radius 3 is 2.78 bits per heavy atom. The van der Waals surface area contributed by atoms with Crippen molar-refractivity contribution in [2.24, 2.45) is 0 Å². The molecule has 2 atom stereocenters. The SMILES string of the molecule is CC1OCCC1N(C)CCC(=O)N1CCNCC1. The first kappa shape index (κ1) is 13.8. The lowest BCUT2D eigenvalue weighted by atomic mass is 10.1. The van der Waals surface area contributed by atoms with Gasteiger partial charge in [0.1, 0.15) is 0 Å². The van der Waals surface area contributed by atoms with Gasteiger partial charge >= 0.3 is 0 Å². The van der Waals surface area contributed by atoms with E-state index in [2.05, 4.69) is 24.2 Å². The standard InChI is InChI=1S/C13H25N3O2/c1-11-12(4-10-18-11)15(2)7-3-13(17)16-8-5-14-6-9-16/h11-12,14H,3-10H2,1-2H3. The Morgan fingerprint density at radius 1 is 1.44 bits per heavy atom. The van der Waals surface area contributed by atoms with Gasteiger partial charge < -0.3 is 19.9 Å². The molecule has 0 spiro atoms. The van der Waals surface area contributed by atoms with Crippen molar-refractivity contribution in [3.8, 4) is 0 Å². The van der Waals surface area contributed by atoms with Crippen LogP contribution in [-0.2, 0) is 9.53 Å². The van der Waals surface area contributed by atoms with Crippen LogP contribution in [0.1, 0.15) is 19.8 Å². The first-order chi connectivity index (χ1) is 8.68. The molecule has 2 rings (SSSR count). The van der Waals surface area contributed by atoms with E-state index in [1.165, 1.54) is 0 Å². The lowest BCUT2D eigenvalue weighted by molar-refractivity contribution is -0.132. The summed E-state index contributed by atoms with van der Waals surface area (Å²) in [6.07, 6.45) is 2.00. The zero-order valence-electron chi connectivity index (χ0n) is 11.5. The molecule has 0 saturated carbocycles. The maximum atomic E-state index is 12.0. The molecule has 0 aliphatic carbocycles. The molecule has 5 nitrogen and oxygen atoms in total. The van der Waals surface area contributed by atoms with Gasteiger partial charge in [0.2, 0.25) is 5.91 Å². The van der Waals surface area contributed by atoms with Gasteiger partial charge in [0, 0.05) is 51.8 Å². The molecule has 2 heterocycles. The maximum Gasteiger partial charge on any atom is 0.223 e. The number of ether oxygens (including phenoxy) is 1. The van der Waals surface area contributed by atoms with Crippen LogP contribution in [0, 0.1) is 0 Å². The molecular weight excluding hydrogens is 230 g/mol. The Hall–Kier alpha value is -0.650. The van der Waals surface area contributed by atoms with Crippen molar-refractivity contribution in [1.29, 1.82) is 0 Å². The smallest absolute Gasteiger partial charge is 0.223 e. The van der Waals surface area contributed by atoms with Crippen LogP contribution in [0.25, 0.3) is 0 Å². The van der Waals surface area contributed by atoms with Gasteiger partial charge in [-0.1, -0.05) is 0 Å². The molecule has 2 aliphatic rings. The average molecular weight is 255 g/mol. The molecule has 2 saturated heterocycles. The summed E-state index contributed by atoms with van der Waals surface area (Å²) >= 11 is 0. The third kappa shape index (κ3) is 3.43. The Labute approximate surface area is 109 Å². The molecule has 2 fully saturated rings. The summed E-state index contributed by atoms with van der Waals surface area (Å²) in [6.45, 7) is 7.36. The van der Waals surface area contributed by atoms with Crippen LogP contribution in [-0.4, -0.2) is 74.2 Å². The van der Waals surface area contributed by atoms with Gasteiger partial charge in [0.15, 0.2) is 0 Å². The van der Waals surface area contributed by atoms with Crippen molar-refractivity contribution in [2.45, 2.75) is 31.9 Å². The first-order valence-electron chi connectivity index (χ1n) is 6.99. The normalized spacial score (nSPS) is 28.9. The molecule has 5 heteroatoms. The van der Waals surface area contributed by atoms with Crippen molar-refractivity contribution >= 4 is 5.91 Å². The Bertz CT molecular complexity index is 279. The third-order valence-corrected chi connectivity index (χ3v) is 4.05. The zero-order chi connectivity index (χ0) is 13.0. The molecular formula is C13H25N3O2. The second-order valence-corrected chi connectivity index (χ2v) is 5.29. The molecule has 0 aromatic rings. The van der Waals surface area contributed by atoms with Gasteiger partial charge in [-0.25, -0.2) is 0 Å². The fourth-order valence-electron chi connectivity index (χ4n) is 2.81. The van der Waals surface area contributed by atoms with Gasteiger partial charge in [0.05, 0.1) is 6.10 Å². The molecule has 18 heavy (non-hydrogen) atoms. The van der Waals surface area contributed by atoms with Crippen LogP contribution in [0.3, 0.4) is 0 Å². The van der Waals surface area contributed by atoms with Gasteiger partial charge in [-0.15, -0.1) is 0 Å². The fraction of sp³-hybridized carbons (Fsp3) is 0.923. The van der Waals surface area contributed by atoms with Gasteiger partial charge in [-0.05, 0) is 20.4 Å². The highest BCUT2D eigenvalue weighted by atomic mass is 16.5. The second kappa shape index (κ2) is 6.50. The van der Waals surface area contributed by atoms with Crippen molar-refractivity contribution in [2.75, 3.05) is 46.4 Å². The average Bonchev–Trinajstić information content (AvgIpc) is 2.83. The monoisotopic (exact) mass is 255 g/mol. The van der Waals surface area contributed by atoms with E-state index in [1.54, 1.807) is 0 Å². The Kier molecular flexibility index (Phi) is 4.97. The lowest BCUT2D eigenvalue weighted by Crippen LogP contribution is -2.47. The number of carbonyl (C=O) groups excluding carboxylic acids is 1. The number of amides is 1. The summed E-state index contributed by atoms with van der Waals surface area (Å²) in [7, 11) is 2.10. The molecule has 0 radical (unpaired) electrons. The molecule has 0 bridgehead atoms. The number of hydrogen-bond acceptors (Lipinski definition) is 4. The molecule has 1 amide bonds. The number of rotatable bonds is 4. The predicted octanol–water partition coefficient (Wildman–Crippen LogP) is -0.0825. The van der Waals surface area contributed by atoms with Crippen LogP contribution in [0.4, 0.5) is 0 Å². The van der Waals surface area contributed by atoms with E-state index in [1.807, 2.05) is 4.90 Å². The van der Waals surface area contributed by atoms with Crippen molar-refractivity contribution in [3.63, 3.8) is 0 Å². The summed E-state index contributed by atoms with van der Waals surface area (Å²) in [4.78, 5) is 16.3. The predicted molar refractivity (Wildman–Crippen MR) is 70.5 cm³/mol. The van der Waals surface area contributed by atoms with Gasteiger partial charge in [0.25, 0.3) is 0 Å². The topological polar surface area (TPSA) is 44.8 Å². The third-order valence-electron chi connectivity index (χ3n) is 4.05. The molecule has 1 N–H and O–H groups in total. The maximum absolute atomic E-state index is 12.0. The van der Waals surface area contributed by atoms with Crippen molar-refractivity contribution < 1.29 is 9.53 Å². The highest BCUT2D eigenvalue weighted by Crippen LogP contribution is 2.18. The van der Waals surface area contributed by atoms with E-state index >= 15 is 0 Å². The fourth-order valence-corrected chi connectivity index (χ4v) is 2.81. The lowest BCUT2D eigenvalue weighted by Gasteiger charge is -2.30. The van der Waals surface area contributed by atoms with E-state index < -0.39 is 0 Å². The van der Waals surface area contributed by atoms with Gasteiger partial charge in [-0.2, -0.15) is 0 Å². The number of piperazine rings is 1. The summed E-state index contributed by atoms with van der Waals surface area (Å²) in [5, 5.41) is 3.26. The number of carbonyl (C=O) groups is 1. The van der Waals surface area contributed by atoms with E-state index in [9.17, 15) is 4.79 Å². The highest BCUT2D eigenvalue weighted by Gasteiger charge is 2.28. The van der Waals surface area contributed by atoms with E-state index in [4.69, 9.17) is 4.74 Å². The van der Waals surface area contributed by atoms with Crippen LogP contribution in [0.5, 0.6) is 0 Å². The van der Waals surface area contributed by atoms with Gasteiger partial charge in [-0.3, -0.25) is 4.79 Å².